The number of hydrogen-bond acceptors (Lipinski definition) is 11. The van der Waals surface area contributed by atoms with Crippen LogP contribution in [0.1, 0.15) is 119 Å². The maximum Gasteiger partial charge on any atom is 0.329 e. The van der Waals surface area contributed by atoms with Crippen LogP contribution < -0.4 is 0 Å². The molecule has 56 heavy (non-hydrogen) atoms. The summed E-state index contributed by atoms with van der Waals surface area (Å²) in [5.74, 6) is -4.61. The Bertz CT molecular complexity index is 1430. The van der Waals surface area contributed by atoms with E-state index in [1.807, 2.05) is 32.9 Å². The topological polar surface area (TPSA) is 169 Å². The van der Waals surface area contributed by atoms with Crippen LogP contribution in [0.15, 0.2) is 23.3 Å². The molecule has 4 rings (SSSR count). The molecule has 4 aliphatic rings. The van der Waals surface area contributed by atoms with E-state index in [1.165, 1.54) is 4.90 Å². The van der Waals surface area contributed by atoms with Crippen LogP contribution in [0.2, 0.25) is 0 Å². The molecule has 1 amide bonds. The second-order valence-corrected chi connectivity index (χ2v) is 17.7. The molecule has 0 aromatic rings. The number of esters is 1. The number of amides is 1. The monoisotopic (exact) mass is 790 g/mol. The standard InChI is InChI=1S/C44H71NO11/c1-10-31-18-25(2)17-26(3)19-37(53-7)32-24-44(52,28(5)21-38(32)54-8)41(49)42(50)45-16-12-11-13-33(45)43(51)56-40(29(6)35(47)23-36(31)48)27(4)20-30-14-15-34(46)39(22-30)55-9/h18,20,26,28-35,37-40,46-47,52H,10-17,19,21-24H2,1-9H3/b25-18+,27-20+/t26-,28+,29+,30-,31+,32+,33-,34+,35-,37-,38-,39+,40+,44-/m0/s1. The first-order valence-electron chi connectivity index (χ1n) is 21.1. The van der Waals surface area contributed by atoms with E-state index < -0.39 is 65.4 Å². The van der Waals surface area contributed by atoms with Gasteiger partial charge in [-0.2, -0.15) is 0 Å². The molecule has 3 N–H and O–H groups in total. The van der Waals surface area contributed by atoms with Crippen LogP contribution in [0.4, 0.5) is 0 Å². The molecule has 318 valence electrons. The first-order chi connectivity index (χ1) is 26.5. The third-order valence-electron chi connectivity index (χ3n) is 13.6. The van der Waals surface area contributed by atoms with Gasteiger partial charge in [-0.15, -0.1) is 0 Å². The number of carbonyl (C=O) groups excluding carboxylic acids is 4. The summed E-state index contributed by atoms with van der Waals surface area (Å²) >= 11 is 0. The van der Waals surface area contributed by atoms with Gasteiger partial charge in [0.1, 0.15) is 23.5 Å². The van der Waals surface area contributed by atoms with Crippen molar-refractivity contribution in [1.82, 2.24) is 4.90 Å². The molecule has 2 aliphatic carbocycles. The highest BCUT2D eigenvalue weighted by molar-refractivity contribution is 6.39. The summed E-state index contributed by atoms with van der Waals surface area (Å²) in [4.78, 5) is 58.0. The Hall–Kier alpha value is -2.48. The number of ether oxygens (including phenoxy) is 4. The largest absolute Gasteiger partial charge is 0.456 e. The molecule has 2 saturated carbocycles. The molecule has 1 saturated heterocycles. The molecule has 12 heteroatoms. The van der Waals surface area contributed by atoms with E-state index in [0.717, 1.165) is 5.57 Å². The van der Waals surface area contributed by atoms with Crippen LogP contribution in [0.3, 0.4) is 0 Å². The third-order valence-corrected chi connectivity index (χ3v) is 13.6. The number of methoxy groups -OCH3 is 3. The van der Waals surface area contributed by atoms with Crippen LogP contribution in [0, 0.1) is 35.5 Å². The Balaban J connectivity index is 1.76. The first-order valence-corrected chi connectivity index (χ1v) is 21.1. The van der Waals surface area contributed by atoms with Crippen molar-refractivity contribution in [3.63, 3.8) is 0 Å². The third kappa shape index (κ3) is 10.8. The van der Waals surface area contributed by atoms with Crippen molar-refractivity contribution in [2.45, 2.75) is 167 Å². The lowest BCUT2D eigenvalue weighted by molar-refractivity contribution is -0.178. The molecule has 2 bridgehead atoms. The molecule has 2 aliphatic heterocycles. The summed E-state index contributed by atoms with van der Waals surface area (Å²) in [6.07, 6.45) is 5.62. The zero-order valence-electron chi connectivity index (χ0n) is 35.4. The number of Topliss-reactive ketones (excluding diaryl/α,β-unsaturated/α-hetero) is 2. The average Bonchev–Trinajstić information content (AvgIpc) is 3.18. The van der Waals surface area contributed by atoms with E-state index >= 15 is 0 Å². The van der Waals surface area contributed by atoms with E-state index in [9.17, 15) is 34.5 Å². The molecule has 3 fully saturated rings. The number of allylic oxidation sites excluding steroid dienone is 3. The van der Waals surface area contributed by atoms with Gasteiger partial charge in [0.25, 0.3) is 11.7 Å². The highest BCUT2D eigenvalue weighted by Gasteiger charge is 2.55. The van der Waals surface area contributed by atoms with E-state index in [0.29, 0.717) is 63.4 Å². The lowest BCUT2D eigenvalue weighted by Crippen LogP contribution is -2.61. The van der Waals surface area contributed by atoms with Gasteiger partial charge in [0, 0.05) is 52.0 Å². The van der Waals surface area contributed by atoms with Gasteiger partial charge in [0.2, 0.25) is 0 Å². The Morgan fingerprint density at radius 1 is 0.911 bits per heavy atom. The minimum absolute atomic E-state index is 0.0148. The summed E-state index contributed by atoms with van der Waals surface area (Å²) in [5, 5.41) is 34.3. The lowest BCUT2D eigenvalue weighted by atomic mass is 9.65. The number of hydrogen-bond donors (Lipinski definition) is 3. The maximum absolute atomic E-state index is 14.3. The molecule has 12 nitrogen and oxygen atoms in total. The Labute approximate surface area is 334 Å². The number of nitrogens with zero attached hydrogens (tertiary/aromatic N) is 1. The number of cyclic esters (lactones) is 1. The van der Waals surface area contributed by atoms with Crippen molar-refractivity contribution < 1.29 is 53.4 Å². The number of carbonyl (C=O) groups is 4. The van der Waals surface area contributed by atoms with E-state index in [2.05, 4.69) is 6.92 Å². The fourth-order valence-electron chi connectivity index (χ4n) is 10.0. The van der Waals surface area contributed by atoms with Crippen LogP contribution in [-0.2, 0) is 38.1 Å². The SMILES string of the molecule is CC[C@@H]1/C=C(\C)C[C@H](C)C[C@H](OC)[C@H]2C[C@@](O)(C(=O)C(=O)N3CCCC[C@H]3C(=O)O[C@H](/C(C)=C/[C@@H]3CC[C@@H](O)[C@H](OC)C3)[C@H](C)[C@@H](O)CC1=O)[C@H](C)C[C@@H]2OC. The summed E-state index contributed by atoms with van der Waals surface area (Å²) in [5.41, 5.74) is -0.279. The van der Waals surface area contributed by atoms with Crippen LogP contribution in [0.5, 0.6) is 0 Å². The maximum atomic E-state index is 14.3. The second-order valence-electron chi connectivity index (χ2n) is 17.7. The van der Waals surface area contributed by atoms with Crippen molar-refractivity contribution in [2.24, 2.45) is 35.5 Å². The lowest BCUT2D eigenvalue weighted by Gasteiger charge is -2.47. The molecular formula is C44H71NO11. The van der Waals surface area contributed by atoms with Crippen molar-refractivity contribution in [3.8, 4) is 0 Å². The molecule has 2 heterocycles. The predicted molar refractivity (Wildman–Crippen MR) is 211 cm³/mol. The molecule has 0 unspecified atom stereocenters. The van der Waals surface area contributed by atoms with E-state index in [-0.39, 0.29) is 67.7 Å². The fourth-order valence-corrected chi connectivity index (χ4v) is 10.0. The molecular weight excluding hydrogens is 718 g/mol. The summed E-state index contributed by atoms with van der Waals surface area (Å²) in [6, 6.07) is -1.08. The molecule has 0 spiro atoms. The van der Waals surface area contributed by atoms with Gasteiger partial charge >= 0.3 is 5.97 Å². The first kappa shape index (κ1) is 46.2. The number of rotatable bonds is 6. The van der Waals surface area contributed by atoms with Gasteiger partial charge in [-0.05, 0) is 108 Å². The Kier molecular flexibility index (Phi) is 16.9. The predicted octanol–water partition coefficient (Wildman–Crippen LogP) is 5.14. The summed E-state index contributed by atoms with van der Waals surface area (Å²) in [6.45, 7) is 11.6. The van der Waals surface area contributed by atoms with E-state index in [1.54, 1.807) is 35.2 Å². The minimum Gasteiger partial charge on any atom is -0.456 e. The van der Waals surface area contributed by atoms with Crippen molar-refractivity contribution in [1.29, 1.82) is 0 Å². The van der Waals surface area contributed by atoms with Crippen molar-refractivity contribution in [3.05, 3.63) is 23.3 Å². The van der Waals surface area contributed by atoms with Gasteiger partial charge in [0.15, 0.2) is 0 Å². The zero-order chi connectivity index (χ0) is 41.5. The molecule has 0 aromatic heterocycles. The molecule has 14 atom stereocenters. The molecule has 0 radical (unpaired) electrons. The smallest absolute Gasteiger partial charge is 0.329 e. The Morgan fingerprint density at radius 3 is 2.21 bits per heavy atom. The highest BCUT2D eigenvalue weighted by Crippen LogP contribution is 2.43. The van der Waals surface area contributed by atoms with Gasteiger partial charge in [-0.3, -0.25) is 14.4 Å². The minimum atomic E-state index is -2.00. The van der Waals surface area contributed by atoms with Gasteiger partial charge in [-0.1, -0.05) is 45.4 Å². The van der Waals surface area contributed by atoms with Crippen LogP contribution in [0.25, 0.3) is 0 Å². The zero-order valence-corrected chi connectivity index (χ0v) is 35.4. The van der Waals surface area contributed by atoms with Gasteiger partial charge in [0.05, 0.1) is 30.5 Å². The van der Waals surface area contributed by atoms with E-state index in [4.69, 9.17) is 18.9 Å². The van der Waals surface area contributed by atoms with Crippen molar-refractivity contribution in [2.75, 3.05) is 27.9 Å². The number of ketones is 2. The highest BCUT2D eigenvalue weighted by atomic mass is 16.5. The summed E-state index contributed by atoms with van der Waals surface area (Å²) in [7, 11) is 4.79. The normalized spacial score (nSPS) is 41.6. The van der Waals surface area contributed by atoms with Crippen molar-refractivity contribution >= 4 is 23.4 Å². The van der Waals surface area contributed by atoms with Gasteiger partial charge in [-0.25, -0.2) is 4.79 Å². The summed E-state index contributed by atoms with van der Waals surface area (Å²) < 4.78 is 23.8. The Morgan fingerprint density at radius 2 is 1.57 bits per heavy atom. The molecule has 0 aromatic carbocycles. The average molecular weight is 790 g/mol. The van der Waals surface area contributed by atoms with Crippen LogP contribution in [-0.4, -0.2) is 120 Å². The number of aliphatic hydroxyl groups is 3. The van der Waals surface area contributed by atoms with Crippen LogP contribution >= 0.6 is 0 Å². The number of piperidine rings is 1. The number of fused-ring (bicyclic) bond motifs is 3. The second kappa shape index (κ2) is 20.5. The van der Waals surface area contributed by atoms with Gasteiger partial charge < -0.3 is 39.2 Å². The quantitative estimate of drug-likeness (QED) is 0.185. The fraction of sp³-hybridized carbons (Fsp3) is 0.818. The number of aliphatic hydroxyl groups excluding tert-OH is 2.